The highest BCUT2D eigenvalue weighted by atomic mass is 16.6. The molecule has 7 heteroatoms. The molecule has 0 atom stereocenters. The molecule has 0 heterocycles. The standard InChI is InChI=1S/C12H11N3O4/c1-14-11(9(7-13)12(16)19-2)8-5-3-4-6-10(8)15(17)18/h3-6,14H,1-2H3/b11-9-. The van der Waals surface area contributed by atoms with Crippen molar-refractivity contribution >= 4 is 17.4 Å². The fourth-order valence-electron chi connectivity index (χ4n) is 1.54. The van der Waals surface area contributed by atoms with E-state index in [0.29, 0.717) is 0 Å². The minimum absolute atomic E-state index is 0.0571. The second-order valence-corrected chi connectivity index (χ2v) is 3.38. The number of hydrogen-bond acceptors (Lipinski definition) is 6. The number of rotatable bonds is 4. The molecule has 0 unspecified atom stereocenters. The molecule has 0 radical (unpaired) electrons. The van der Waals surface area contributed by atoms with E-state index >= 15 is 0 Å². The van der Waals surface area contributed by atoms with Crippen molar-refractivity contribution < 1.29 is 14.5 Å². The summed E-state index contributed by atoms with van der Waals surface area (Å²) in [7, 11) is 2.60. The first kappa shape index (κ1) is 14.2. The number of nitrogens with one attached hydrogen (secondary N) is 1. The van der Waals surface area contributed by atoms with E-state index in [1.54, 1.807) is 12.1 Å². The number of para-hydroxylation sites is 1. The van der Waals surface area contributed by atoms with Crippen LogP contribution in [-0.4, -0.2) is 25.1 Å². The molecule has 0 aromatic heterocycles. The monoisotopic (exact) mass is 261 g/mol. The lowest BCUT2D eigenvalue weighted by molar-refractivity contribution is -0.385. The molecular weight excluding hydrogens is 250 g/mol. The Kier molecular flexibility index (Phi) is 4.60. The lowest BCUT2D eigenvalue weighted by Gasteiger charge is -2.09. The Bertz CT molecular complexity index is 587. The Morgan fingerprint density at radius 1 is 1.47 bits per heavy atom. The van der Waals surface area contributed by atoms with Crippen LogP contribution in [0.1, 0.15) is 5.56 Å². The van der Waals surface area contributed by atoms with Crippen molar-refractivity contribution in [2.45, 2.75) is 0 Å². The van der Waals surface area contributed by atoms with E-state index in [4.69, 9.17) is 5.26 Å². The van der Waals surface area contributed by atoms with Crippen LogP contribution in [0.15, 0.2) is 29.8 Å². The maximum absolute atomic E-state index is 11.5. The summed E-state index contributed by atoms with van der Waals surface area (Å²) < 4.78 is 4.48. The summed E-state index contributed by atoms with van der Waals surface area (Å²) in [4.78, 5) is 21.8. The van der Waals surface area contributed by atoms with Crippen molar-refractivity contribution in [1.82, 2.24) is 5.32 Å². The van der Waals surface area contributed by atoms with Crippen molar-refractivity contribution in [3.8, 4) is 6.07 Å². The van der Waals surface area contributed by atoms with Gasteiger partial charge in [-0.15, -0.1) is 0 Å². The van der Waals surface area contributed by atoms with Gasteiger partial charge in [-0.25, -0.2) is 4.79 Å². The molecule has 7 nitrogen and oxygen atoms in total. The smallest absolute Gasteiger partial charge is 0.350 e. The average Bonchev–Trinajstić information content (AvgIpc) is 2.43. The second-order valence-electron chi connectivity index (χ2n) is 3.38. The number of nitriles is 1. The van der Waals surface area contributed by atoms with E-state index in [0.717, 1.165) is 7.11 Å². The molecular formula is C12H11N3O4. The number of carbonyl (C=O) groups is 1. The average molecular weight is 261 g/mol. The molecule has 0 aliphatic heterocycles. The van der Waals surface area contributed by atoms with Gasteiger partial charge in [0.25, 0.3) is 5.69 Å². The van der Waals surface area contributed by atoms with Crippen LogP contribution in [0.4, 0.5) is 5.69 Å². The number of esters is 1. The zero-order valence-electron chi connectivity index (χ0n) is 10.3. The summed E-state index contributed by atoms with van der Waals surface area (Å²) in [6.07, 6.45) is 0. The molecule has 1 aromatic rings. The topological polar surface area (TPSA) is 105 Å². The first-order valence-corrected chi connectivity index (χ1v) is 5.21. The maximum atomic E-state index is 11.5. The molecule has 0 spiro atoms. The van der Waals surface area contributed by atoms with Crippen molar-refractivity contribution in [3.05, 3.63) is 45.5 Å². The Hall–Kier alpha value is -2.88. The van der Waals surface area contributed by atoms with Gasteiger partial charge in [0.05, 0.1) is 23.3 Å². The molecule has 0 bridgehead atoms. The van der Waals surface area contributed by atoms with Gasteiger partial charge in [-0.1, -0.05) is 12.1 Å². The van der Waals surface area contributed by atoms with E-state index < -0.39 is 10.9 Å². The molecule has 1 rings (SSSR count). The molecule has 1 aromatic carbocycles. The number of methoxy groups -OCH3 is 1. The van der Waals surface area contributed by atoms with Gasteiger partial charge in [0.2, 0.25) is 0 Å². The van der Waals surface area contributed by atoms with Crippen LogP contribution in [0, 0.1) is 21.4 Å². The molecule has 19 heavy (non-hydrogen) atoms. The van der Waals surface area contributed by atoms with Gasteiger partial charge in [-0.05, 0) is 6.07 Å². The summed E-state index contributed by atoms with van der Waals surface area (Å²) in [6, 6.07) is 7.50. The predicted octanol–water partition coefficient (Wildman–Crippen LogP) is 1.22. The van der Waals surface area contributed by atoms with Crippen molar-refractivity contribution in [2.75, 3.05) is 14.2 Å². The van der Waals surface area contributed by atoms with Crippen molar-refractivity contribution in [1.29, 1.82) is 5.26 Å². The number of ether oxygens (including phenoxy) is 1. The molecule has 0 amide bonds. The Morgan fingerprint density at radius 3 is 2.58 bits per heavy atom. The van der Waals surface area contributed by atoms with Gasteiger partial charge >= 0.3 is 5.97 Å². The van der Waals surface area contributed by atoms with E-state index in [-0.39, 0.29) is 22.5 Å². The second kappa shape index (κ2) is 6.16. The van der Waals surface area contributed by atoms with Crippen molar-refractivity contribution in [2.24, 2.45) is 0 Å². The maximum Gasteiger partial charge on any atom is 0.350 e. The molecule has 0 saturated heterocycles. The number of nitrogens with zero attached hydrogens (tertiary/aromatic N) is 2. The van der Waals surface area contributed by atoms with E-state index in [1.807, 2.05) is 0 Å². The Morgan fingerprint density at radius 2 is 2.11 bits per heavy atom. The summed E-state index contributed by atoms with van der Waals surface area (Å²) >= 11 is 0. The highest BCUT2D eigenvalue weighted by Gasteiger charge is 2.22. The first-order valence-electron chi connectivity index (χ1n) is 5.21. The fourth-order valence-corrected chi connectivity index (χ4v) is 1.54. The normalized spacial score (nSPS) is 11.0. The number of hydrogen-bond donors (Lipinski definition) is 1. The molecule has 0 aliphatic rings. The zero-order chi connectivity index (χ0) is 14.4. The van der Waals surface area contributed by atoms with Crippen molar-refractivity contribution in [3.63, 3.8) is 0 Å². The zero-order valence-corrected chi connectivity index (χ0v) is 10.3. The summed E-state index contributed by atoms with van der Waals surface area (Å²) in [5.41, 5.74) is -0.318. The summed E-state index contributed by atoms with van der Waals surface area (Å²) in [5, 5.41) is 22.6. The van der Waals surface area contributed by atoms with Gasteiger partial charge in [-0.2, -0.15) is 5.26 Å². The van der Waals surface area contributed by atoms with Gasteiger partial charge in [-0.3, -0.25) is 10.1 Å². The van der Waals surface area contributed by atoms with Gasteiger partial charge in [0.1, 0.15) is 6.07 Å². The summed E-state index contributed by atoms with van der Waals surface area (Å²) in [6.45, 7) is 0. The largest absolute Gasteiger partial charge is 0.465 e. The molecule has 98 valence electrons. The lowest BCUT2D eigenvalue weighted by atomic mass is 10.1. The molecule has 0 saturated carbocycles. The van der Waals surface area contributed by atoms with Crippen LogP contribution in [-0.2, 0) is 9.53 Å². The molecule has 0 fully saturated rings. The molecule has 1 N–H and O–H groups in total. The molecule has 0 aliphatic carbocycles. The highest BCUT2D eigenvalue weighted by Crippen LogP contribution is 2.26. The third-order valence-electron chi connectivity index (χ3n) is 2.37. The fraction of sp³-hybridized carbons (Fsp3) is 0.167. The minimum Gasteiger partial charge on any atom is -0.465 e. The summed E-state index contributed by atoms with van der Waals surface area (Å²) in [5.74, 6) is -0.856. The Labute approximate surface area is 109 Å². The highest BCUT2D eigenvalue weighted by molar-refractivity contribution is 6.02. The third kappa shape index (κ3) is 2.87. The van der Waals surface area contributed by atoms with Crippen LogP contribution < -0.4 is 5.32 Å². The van der Waals surface area contributed by atoms with E-state index in [9.17, 15) is 14.9 Å². The number of benzene rings is 1. The predicted molar refractivity (Wildman–Crippen MR) is 66.7 cm³/mol. The van der Waals surface area contributed by atoms with Gasteiger partial charge in [0.15, 0.2) is 5.57 Å². The van der Waals surface area contributed by atoms with E-state index in [2.05, 4.69) is 10.1 Å². The third-order valence-corrected chi connectivity index (χ3v) is 2.37. The Balaban J connectivity index is 3.56. The van der Waals surface area contributed by atoms with Crippen LogP contribution in [0.3, 0.4) is 0 Å². The SMILES string of the molecule is CN/C(=C(/C#N)C(=O)OC)c1ccccc1[N+](=O)[O-]. The number of carbonyl (C=O) groups excluding carboxylic acids is 1. The van der Waals surface area contributed by atoms with Crippen LogP contribution in [0.25, 0.3) is 5.70 Å². The number of nitro benzene ring substituents is 1. The first-order chi connectivity index (χ1) is 9.06. The van der Waals surface area contributed by atoms with E-state index in [1.165, 1.54) is 25.2 Å². The number of nitro groups is 1. The van der Waals surface area contributed by atoms with Gasteiger partial charge in [0, 0.05) is 13.1 Å². The van der Waals surface area contributed by atoms with Crippen LogP contribution in [0.2, 0.25) is 0 Å². The van der Waals surface area contributed by atoms with Gasteiger partial charge < -0.3 is 10.1 Å². The minimum atomic E-state index is -0.856. The lowest BCUT2D eigenvalue weighted by Crippen LogP contribution is -2.15. The van der Waals surface area contributed by atoms with Crippen LogP contribution in [0.5, 0.6) is 0 Å². The van der Waals surface area contributed by atoms with Crippen LogP contribution >= 0.6 is 0 Å². The quantitative estimate of drug-likeness (QED) is 0.287.